The fourth-order valence-electron chi connectivity index (χ4n) is 3.84. The van der Waals surface area contributed by atoms with Gasteiger partial charge in [-0.3, -0.25) is 9.59 Å². The summed E-state index contributed by atoms with van der Waals surface area (Å²) in [7, 11) is 0. The molecule has 2 aromatic rings. The molecule has 2 amide bonds. The summed E-state index contributed by atoms with van der Waals surface area (Å²) in [4.78, 5) is 28.8. The molecule has 0 saturated carbocycles. The number of hydrogen-bond acceptors (Lipinski definition) is 4. The highest BCUT2D eigenvalue weighted by Crippen LogP contribution is 2.32. The molecule has 2 aromatic carbocycles. The van der Waals surface area contributed by atoms with Crippen LogP contribution in [0.4, 0.5) is 0 Å². The molecule has 0 radical (unpaired) electrons. The van der Waals surface area contributed by atoms with Crippen molar-refractivity contribution in [2.24, 2.45) is 0 Å². The Bertz CT molecular complexity index is 1010. The van der Waals surface area contributed by atoms with E-state index in [0.29, 0.717) is 37.7 Å². The van der Waals surface area contributed by atoms with Gasteiger partial charge < -0.3 is 19.3 Å². The Morgan fingerprint density at radius 1 is 0.694 bits per heavy atom. The van der Waals surface area contributed by atoms with Crippen LogP contribution in [0.25, 0.3) is 0 Å². The first-order valence-electron chi connectivity index (χ1n) is 12.2. The van der Waals surface area contributed by atoms with Crippen LogP contribution in [0.5, 0.6) is 11.5 Å². The highest BCUT2D eigenvalue weighted by molar-refractivity contribution is 9.10. The van der Waals surface area contributed by atoms with Crippen LogP contribution in [0.15, 0.2) is 45.3 Å². The first kappa shape index (κ1) is 28.5. The van der Waals surface area contributed by atoms with Crippen LogP contribution in [0.2, 0.25) is 0 Å². The van der Waals surface area contributed by atoms with Crippen LogP contribution >= 0.6 is 31.9 Å². The Morgan fingerprint density at radius 2 is 1.03 bits per heavy atom. The number of amides is 2. The predicted molar refractivity (Wildman–Crippen MR) is 150 cm³/mol. The minimum absolute atomic E-state index is 0.0341. The highest BCUT2D eigenvalue weighted by atomic mass is 79.9. The largest absolute Gasteiger partial charge is 0.483 e. The summed E-state index contributed by atoms with van der Waals surface area (Å²) >= 11 is 7.10. The number of nitrogens with zero attached hydrogens (tertiary/aromatic N) is 2. The van der Waals surface area contributed by atoms with Crippen LogP contribution in [0.3, 0.4) is 0 Å². The monoisotopic (exact) mass is 622 g/mol. The van der Waals surface area contributed by atoms with Crippen LogP contribution in [-0.4, -0.2) is 61.0 Å². The fourth-order valence-corrected chi connectivity index (χ4v) is 4.82. The molecule has 0 N–H and O–H groups in total. The number of benzene rings is 2. The lowest BCUT2D eigenvalue weighted by atomic mass is 9.87. The van der Waals surface area contributed by atoms with E-state index in [1.54, 1.807) is 9.80 Å². The summed E-state index contributed by atoms with van der Waals surface area (Å²) in [5, 5.41) is 0. The Morgan fingerprint density at radius 3 is 1.31 bits per heavy atom. The van der Waals surface area contributed by atoms with E-state index in [-0.39, 0.29) is 35.9 Å². The highest BCUT2D eigenvalue weighted by Gasteiger charge is 2.25. The Labute approximate surface area is 231 Å². The molecule has 0 aliphatic carbocycles. The van der Waals surface area contributed by atoms with E-state index >= 15 is 0 Å². The second-order valence-corrected chi connectivity index (χ2v) is 12.8. The van der Waals surface area contributed by atoms with Gasteiger partial charge in [0.2, 0.25) is 0 Å². The van der Waals surface area contributed by atoms with Crippen molar-refractivity contribution >= 4 is 43.7 Å². The van der Waals surface area contributed by atoms with E-state index in [2.05, 4.69) is 73.4 Å². The average Bonchev–Trinajstić information content (AvgIpc) is 2.81. The molecule has 3 rings (SSSR count). The normalized spacial score (nSPS) is 14.6. The summed E-state index contributed by atoms with van der Waals surface area (Å²) in [5.74, 6) is 1.11. The molecule has 1 fully saturated rings. The van der Waals surface area contributed by atoms with Gasteiger partial charge in [0.1, 0.15) is 11.5 Å². The standard InChI is InChI=1S/C28H36Br2N2O4/c1-27(2,3)19-7-9-23(21(29)15-19)35-17-25(33)31-11-13-32(14-12-31)26(34)18-36-24-10-8-20(16-22(24)30)28(4,5)6/h7-10,15-16H,11-14,17-18H2,1-6H3. The molecule has 1 saturated heterocycles. The molecule has 0 aromatic heterocycles. The van der Waals surface area contributed by atoms with Crippen LogP contribution in [0.1, 0.15) is 52.7 Å². The van der Waals surface area contributed by atoms with Gasteiger partial charge >= 0.3 is 0 Å². The van der Waals surface area contributed by atoms with Crippen molar-refractivity contribution in [1.29, 1.82) is 0 Å². The van der Waals surface area contributed by atoms with Gasteiger partial charge in [-0.2, -0.15) is 0 Å². The SMILES string of the molecule is CC(C)(C)c1ccc(OCC(=O)N2CCN(C(=O)COc3ccc(C(C)(C)C)cc3Br)CC2)c(Br)c1. The van der Waals surface area contributed by atoms with E-state index in [0.717, 1.165) is 8.95 Å². The van der Waals surface area contributed by atoms with E-state index in [9.17, 15) is 9.59 Å². The first-order valence-corrected chi connectivity index (χ1v) is 13.8. The van der Waals surface area contributed by atoms with Crippen LogP contribution < -0.4 is 9.47 Å². The molecule has 1 aliphatic rings. The molecule has 0 bridgehead atoms. The van der Waals surface area contributed by atoms with Gasteiger partial charge in [0.15, 0.2) is 13.2 Å². The summed E-state index contributed by atoms with van der Waals surface area (Å²) in [6.07, 6.45) is 0. The Balaban J connectivity index is 1.45. The van der Waals surface area contributed by atoms with Crippen LogP contribution in [0, 0.1) is 0 Å². The topological polar surface area (TPSA) is 59.1 Å². The summed E-state index contributed by atoms with van der Waals surface area (Å²) in [5.41, 5.74) is 2.44. The van der Waals surface area contributed by atoms with Gasteiger partial charge in [0.25, 0.3) is 11.8 Å². The lowest BCUT2D eigenvalue weighted by molar-refractivity contribution is -0.141. The Hall–Kier alpha value is -2.06. The molecule has 36 heavy (non-hydrogen) atoms. The third kappa shape index (κ3) is 7.48. The van der Waals surface area contributed by atoms with Crippen molar-refractivity contribution in [2.45, 2.75) is 52.4 Å². The van der Waals surface area contributed by atoms with Crippen molar-refractivity contribution in [3.63, 3.8) is 0 Å². The summed E-state index contributed by atoms with van der Waals surface area (Å²) in [6, 6.07) is 11.9. The van der Waals surface area contributed by atoms with Gasteiger partial charge in [-0.05, 0) is 78.1 Å². The van der Waals surface area contributed by atoms with Crippen molar-refractivity contribution < 1.29 is 19.1 Å². The number of carbonyl (C=O) groups is 2. The molecule has 0 atom stereocenters. The minimum atomic E-state index is -0.0898. The molecule has 0 spiro atoms. The van der Waals surface area contributed by atoms with E-state index in [1.165, 1.54) is 11.1 Å². The van der Waals surface area contributed by atoms with Crippen molar-refractivity contribution in [2.75, 3.05) is 39.4 Å². The maximum absolute atomic E-state index is 12.7. The third-order valence-electron chi connectivity index (χ3n) is 6.28. The predicted octanol–water partition coefficient (Wildman–Crippen LogP) is 5.94. The van der Waals surface area contributed by atoms with Gasteiger partial charge in [-0.1, -0.05) is 53.7 Å². The van der Waals surface area contributed by atoms with E-state index in [1.807, 2.05) is 36.4 Å². The van der Waals surface area contributed by atoms with Crippen molar-refractivity contribution in [3.05, 3.63) is 56.5 Å². The Kier molecular flexibility index (Phi) is 9.15. The third-order valence-corrected chi connectivity index (χ3v) is 7.52. The zero-order valence-corrected chi connectivity index (χ0v) is 25.2. The molecule has 196 valence electrons. The minimum Gasteiger partial charge on any atom is -0.483 e. The van der Waals surface area contributed by atoms with Crippen molar-refractivity contribution in [1.82, 2.24) is 9.80 Å². The molecular weight excluding hydrogens is 588 g/mol. The van der Waals surface area contributed by atoms with Gasteiger partial charge in [0.05, 0.1) is 8.95 Å². The fraction of sp³-hybridized carbons (Fsp3) is 0.500. The number of piperazine rings is 1. The quantitative estimate of drug-likeness (QED) is 0.400. The average molecular weight is 624 g/mol. The number of rotatable bonds is 6. The van der Waals surface area contributed by atoms with Gasteiger partial charge in [0, 0.05) is 26.2 Å². The molecule has 8 heteroatoms. The number of ether oxygens (including phenoxy) is 2. The van der Waals surface area contributed by atoms with E-state index < -0.39 is 0 Å². The zero-order chi connectivity index (χ0) is 26.7. The molecule has 0 unspecified atom stereocenters. The van der Waals surface area contributed by atoms with E-state index in [4.69, 9.17) is 9.47 Å². The zero-order valence-electron chi connectivity index (χ0n) is 22.0. The van der Waals surface area contributed by atoms with Gasteiger partial charge in [-0.25, -0.2) is 0 Å². The van der Waals surface area contributed by atoms with Crippen LogP contribution in [-0.2, 0) is 20.4 Å². The van der Waals surface area contributed by atoms with Crippen molar-refractivity contribution in [3.8, 4) is 11.5 Å². The number of hydrogen-bond donors (Lipinski definition) is 0. The lowest BCUT2D eigenvalue weighted by Gasteiger charge is -2.34. The molecule has 6 nitrogen and oxygen atoms in total. The first-order chi connectivity index (χ1) is 16.8. The second-order valence-electron chi connectivity index (χ2n) is 11.1. The summed E-state index contributed by atoms with van der Waals surface area (Å²) in [6.45, 7) is 14.7. The molecular formula is C28H36Br2N2O4. The number of carbonyl (C=O) groups excluding carboxylic acids is 2. The smallest absolute Gasteiger partial charge is 0.260 e. The maximum atomic E-state index is 12.7. The maximum Gasteiger partial charge on any atom is 0.260 e. The molecule has 1 aliphatic heterocycles. The van der Waals surface area contributed by atoms with Gasteiger partial charge in [-0.15, -0.1) is 0 Å². The lowest BCUT2D eigenvalue weighted by Crippen LogP contribution is -2.52. The molecule has 1 heterocycles. The summed E-state index contributed by atoms with van der Waals surface area (Å²) < 4.78 is 13.2. The second kappa shape index (κ2) is 11.5. The number of halogens is 2.